The fourth-order valence-corrected chi connectivity index (χ4v) is 2.05. The lowest BCUT2D eigenvalue weighted by Crippen LogP contribution is -2.13. The van der Waals surface area contributed by atoms with E-state index in [-0.39, 0.29) is 0 Å². The molecular weight excluding hydrogens is 264 g/mol. The number of rotatable bonds is 8. The number of nitrogens with zero attached hydrogens (tertiary/aromatic N) is 1. The Morgan fingerprint density at radius 1 is 1.24 bits per heavy atom. The maximum absolute atomic E-state index is 5.91. The van der Waals surface area contributed by atoms with Crippen LogP contribution in [0.15, 0.2) is 42.7 Å². The molecule has 0 bridgehead atoms. The van der Waals surface area contributed by atoms with Crippen LogP contribution >= 0.6 is 0 Å². The number of nitrogens with one attached hydrogen (secondary N) is 1. The molecule has 0 spiro atoms. The maximum atomic E-state index is 5.91. The van der Waals surface area contributed by atoms with Gasteiger partial charge < -0.3 is 14.8 Å². The van der Waals surface area contributed by atoms with E-state index in [1.807, 2.05) is 30.5 Å². The van der Waals surface area contributed by atoms with Crippen molar-refractivity contribution in [3.63, 3.8) is 0 Å². The molecule has 4 nitrogen and oxygen atoms in total. The molecule has 0 saturated carbocycles. The van der Waals surface area contributed by atoms with E-state index in [4.69, 9.17) is 9.47 Å². The molecule has 0 unspecified atom stereocenters. The van der Waals surface area contributed by atoms with E-state index in [1.54, 1.807) is 13.3 Å². The molecule has 1 heterocycles. The van der Waals surface area contributed by atoms with E-state index >= 15 is 0 Å². The Morgan fingerprint density at radius 3 is 2.86 bits per heavy atom. The number of aromatic nitrogens is 1. The average Bonchev–Trinajstić information content (AvgIpc) is 2.54. The van der Waals surface area contributed by atoms with Gasteiger partial charge in [-0.05, 0) is 36.4 Å². The van der Waals surface area contributed by atoms with Crippen LogP contribution in [0.2, 0.25) is 0 Å². The minimum absolute atomic E-state index is 0.636. The quantitative estimate of drug-likeness (QED) is 0.810. The molecular formula is C17H22N2O2. The second kappa shape index (κ2) is 8.27. The van der Waals surface area contributed by atoms with Crippen molar-refractivity contribution in [3.8, 4) is 11.5 Å². The first-order chi connectivity index (χ1) is 10.3. The van der Waals surface area contributed by atoms with Crippen LogP contribution in [0.25, 0.3) is 0 Å². The summed E-state index contributed by atoms with van der Waals surface area (Å²) in [6, 6.07) is 9.91. The maximum Gasteiger partial charge on any atom is 0.124 e. The SMILES string of the molecule is CCNCc1cc(OC)ccc1OCCc1cccnc1. The third-order valence-electron chi connectivity index (χ3n) is 3.20. The fourth-order valence-electron chi connectivity index (χ4n) is 2.05. The summed E-state index contributed by atoms with van der Waals surface area (Å²) in [5, 5.41) is 3.32. The number of methoxy groups -OCH3 is 1. The molecule has 0 fully saturated rings. The van der Waals surface area contributed by atoms with E-state index in [1.165, 1.54) is 5.56 Å². The highest BCUT2D eigenvalue weighted by molar-refractivity contribution is 5.40. The van der Waals surface area contributed by atoms with Gasteiger partial charge in [0, 0.05) is 30.9 Å². The van der Waals surface area contributed by atoms with Crippen molar-refractivity contribution in [1.82, 2.24) is 10.3 Å². The Kier molecular flexibility index (Phi) is 6.03. The van der Waals surface area contributed by atoms with Gasteiger partial charge in [-0.1, -0.05) is 13.0 Å². The van der Waals surface area contributed by atoms with Gasteiger partial charge in [-0.15, -0.1) is 0 Å². The largest absolute Gasteiger partial charge is 0.497 e. The predicted molar refractivity (Wildman–Crippen MR) is 83.8 cm³/mol. The molecule has 0 aliphatic heterocycles. The molecule has 2 aromatic rings. The number of benzene rings is 1. The van der Waals surface area contributed by atoms with Gasteiger partial charge in [-0.2, -0.15) is 0 Å². The smallest absolute Gasteiger partial charge is 0.124 e. The number of pyridine rings is 1. The topological polar surface area (TPSA) is 43.4 Å². The zero-order chi connectivity index (χ0) is 14.9. The van der Waals surface area contributed by atoms with Crippen LogP contribution in [0.3, 0.4) is 0 Å². The summed E-state index contributed by atoms with van der Waals surface area (Å²) in [4.78, 5) is 4.11. The molecule has 1 aromatic carbocycles. The van der Waals surface area contributed by atoms with Crippen LogP contribution in [-0.2, 0) is 13.0 Å². The molecule has 0 atom stereocenters. The van der Waals surface area contributed by atoms with Crippen molar-refractivity contribution in [1.29, 1.82) is 0 Å². The van der Waals surface area contributed by atoms with Crippen LogP contribution in [0.4, 0.5) is 0 Å². The second-order valence-electron chi connectivity index (χ2n) is 4.71. The van der Waals surface area contributed by atoms with Gasteiger partial charge in [0.2, 0.25) is 0 Å². The van der Waals surface area contributed by atoms with Gasteiger partial charge in [-0.3, -0.25) is 4.98 Å². The molecule has 1 N–H and O–H groups in total. The van der Waals surface area contributed by atoms with Crippen molar-refractivity contribution in [3.05, 3.63) is 53.9 Å². The van der Waals surface area contributed by atoms with Gasteiger partial charge in [-0.25, -0.2) is 0 Å². The van der Waals surface area contributed by atoms with Crippen molar-refractivity contribution in [2.24, 2.45) is 0 Å². The number of hydrogen-bond acceptors (Lipinski definition) is 4. The number of hydrogen-bond donors (Lipinski definition) is 1. The third-order valence-corrected chi connectivity index (χ3v) is 3.20. The van der Waals surface area contributed by atoms with E-state index in [0.29, 0.717) is 6.61 Å². The lowest BCUT2D eigenvalue weighted by Gasteiger charge is -2.13. The Morgan fingerprint density at radius 2 is 2.14 bits per heavy atom. The average molecular weight is 286 g/mol. The molecule has 1 aromatic heterocycles. The molecule has 4 heteroatoms. The molecule has 2 rings (SSSR count). The van der Waals surface area contributed by atoms with E-state index in [0.717, 1.165) is 36.6 Å². The number of ether oxygens (including phenoxy) is 2. The van der Waals surface area contributed by atoms with E-state index < -0.39 is 0 Å². The van der Waals surface area contributed by atoms with Crippen LogP contribution in [0.5, 0.6) is 11.5 Å². The first-order valence-electron chi connectivity index (χ1n) is 7.22. The summed E-state index contributed by atoms with van der Waals surface area (Å²) in [6.07, 6.45) is 4.50. The van der Waals surface area contributed by atoms with Crippen molar-refractivity contribution < 1.29 is 9.47 Å². The molecule has 21 heavy (non-hydrogen) atoms. The van der Waals surface area contributed by atoms with E-state index in [9.17, 15) is 0 Å². The van der Waals surface area contributed by atoms with Crippen molar-refractivity contribution in [2.75, 3.05) is 20.3 Å². The summed E-state index contributed by atoms with van der Waals surface area (Å²) in [5.74, 6) is 1.75. The molecule has 0 aliphatic carbocycles. The Balaban J connectivity index is 1.97. The third kappa shape index (κ3) is 4.76. The van der Waals surface area contributed by atoms with Crippen LogP contribution < -0.4 is 14.8 Å². The lowest BCUT2D eigenvalue weighted by molar-refractivity contribution is 0.316. The molecule has 0 aliphatic rings. The highest BCUT2D eigenvalue weighted by Crippen LogP contribution is 2.24. The highest BCUT2D eigenvalue weighted by Gasteiger charge is 2.06. The lowest BCUT2D eigenvalue weighted by atomic mass is 10.2. The normalized spacial score (nSPS) is 10.4. The molecule has 0 saturated heterocycles. The predicted octanol–water partition coefficient (Wildman–Crippen LogP) is 2.82. The van der Waals surface area contributed by atoms with Gasteiger partial charge in [0.1, 0.15) is 11.5 Å². The first kappa shape index (κ1) is 15.3. The van der Waals surface area contributed by atoms with Gasteiger partial charge in [0.05, 0.1) is 13.7 Å². The Hall–Kier alpha value is -2.07. The van der Waals surface area contributed by atoms with Crippen LogP contribution in [0.1, 0.15) is 18.1 Å². The zero-order valence-corrected chi connectivity index (χ0v) is 12.6. The summed E-state index contributed by atoms with van der Waals surface area (Å²) >= 11 is 0. The monoisotopic (exact) mass is 286 g/mol. The minimum Gasteiger partial charge on any atom is -0.497 e. The van der Waals surface area contributed by atoms with Gasteiger partial charge in [0.15, 0.2) is 0 Å². The molecule has 0 amide bonds. The van der Waals surface area contributed by atoms with Gasteiger partial charge >= 0.3 is 0 Å². The summed E-state index contributed by atoms with van der Waals surface area (Å²) in [7, 11) is 1.68. The minimum atomic E-state index is 0.636. The van der Waals surface area contributed by atoms with Crippen molar-refractivity contribution in [2.45, 2.75) is 19.9 Å². The summed E-state index contributed by atoms with van der Waals surface area (Å²) in [5.41, 5.74) is 2.29. The fraction of sp³-hybridized carbons (Fsp3) is 0.353. The Bertz CT molecular complexity index is 544. The van der Waals surface area contributed by atoms with Crippen LogP contribution in [-0.4, -0.2) is 25.2 Å². The first-order valence-corrected chi connectivity index (χ1v) is 7.22. The summed E-state index contributed by atoms with van der Waals surface area (Å²) < 4.78 is 11.2. The van der Waals surface area contributed by atoms with Gasteiger partial charge in [0.25, 0.3) is 0 Å². The molecule has 0 radical (unpaired) electrons. The summed E-state index contributed by atoms with van der Waals surface area (Å²) in [6.45, 7) is 4.42. The van der Waals surface area contributed by atoms with Crippen LogP contribution in [0, 0.1) is 0 Å². The van der Waals surface area contributed by atoms with E-state index in [2.05, 4.69) is 23.3 Å². The Labute approximate surface area is 126 Å². The second-order valence-corrected chi connectivity index (χ2v) is 4.71. The zero-order valence-electron chi connectivity index (χ0n) is 12.6. The highest BCUT2D eigenvalue weighted by atomic mass is 16.5. The van der Waals surface area contributed by atoms with Crippen molar-refractivity contribution >= 4 is 0 Å². The standard InChI is InChI=1S/C17H22N2O2/c1-3-18-13-15-11-16(20-2)6-7-17(15)21-10-8-14-5-4-9-19-12-14/h4-7,9,11-12,18H,3,8,10,13H2,1-2H3. The molecule has 112 valence electrons.